The van der Waals surface area contributed by atoms with Crippen molar-refractivity contribution < 1.29 is 13.9 Å². The van der Waals surface area contributed by atoms with E-state index in [2.05, 4.69) is 25.9 Å². The van der Waals surface area contributed by atoms with E-state index in [1.165, 1.54) is 0 Å². The van der Waals surface area contributed by atoms with E-state index >= 15 is 0 Å². The average molecular weight is 396 g/mol. The van der Waals surface area contributed by atoms with E-state index in [0.717, 1.165) is 23.7 Å². The molecule has 0 aromatic carbocycles. The quantitative estimate of drug-likeness (QED) is 0.762. The van der Waals surface area contributed by atoms with E-state index in [1.54, 1.807) is 11.1 Å². The normalized spacial score (nSPS) is 16.6. The highest BCUT2D eigenvalue weighted by atomic mass is 79.9. The third kappa shape index (κ3) is 4.26. The molecule has 3 rings (SSSR count). The fourth-order valence-electron chi connectivity index (χ4n) is 2.82. The van der Waals surface area contributed by atoms with E-state index in [4.69, 9.17) is 9.15 Å². The summed E-state index contributed by atoms with van der Waals surface area (Å²) in [5.74, 6) is 1.17. The molecule has 0 spiro atoms. The maximum absolute atomic E-state index is 12.1. The molecule has 130 valence electrons. The smallest absolute Gasteiger partial charge is 0.410 e. The second-order valence-corrected chi connectivity index (χ2v) is 8.11. The van der Waals surface area contributed by atoms with E-state index in [-0.39, 0.29) is 6.09 Å². The second-order valence-electron chi connectivity index (χ2n) is 7.20. The van der Waals surface area contributed by atoms with Crippen LogP contribution in [0.25, 0.3) is 11.2 Å². The lowest BCUT2D eigenvalue weighted by atomic mass is 9.94. The average Bonchev–Trinajstić information content (AvgIpc) is 2.87. The Balaban J connectivity index is 1.55. The van der Waals surface area contributed by atoms with Crippen LogP contribution in [0.3, 0.4) is 0 Å². The van der Waals surface area contributed by atoms with Crippen molar-refractivity contribution in [1.29, 1.82) is 0 Å². The zero-order valence-electron chi connectivity index (χ0n) is 14.2. The molecular weight excluding hydrogens is 374 g/mol. The van der Waals surface area contributed by atoms with Gasteiger partial charge in [-0.25, -0.2) is 9.78 Å². The molecule has 1 aliphatic heterocycles. The highest BCUT2D eigenvalue weighted by molar-refractivity contribution is 9.10. The molecule has 7 heteroatoms. The fraction of sp³-hybridized carbons (Fsp3) is 0.588. The number of halogens is 1. The Morgan fingerprint density at radius 1 is 1.42 bits per heavy atom. The third-order valence-corrected chi connectivity index (χ3v) is 4.42. The van der Waals surface area contributed by atoms with Gasteiger partial charge < -0.3 is 14.1 Å². The molecular formula is C17H22BrN3O3. The van der Waals surface area contributed by atoms with Crippen molar-refractivity contribution in [3.05, 3.63) is 22.6 Å². The Labute approximate surface area is 149 Å². The van der Waals surface area contributed by atoms with Crippen LogP contribution in [0.1, 0.15) is 39.5 Å². The summed E-state index contributed by atoms with van der Waals surface area (Å²) >= 11 is 3.38. The first-order valence-electron chi connectivity index (χ1n) is 8.19. The molecule has 0 atom stereocenters. The lowest BCUT2D eigenvalue weighted by molar-refractivity contribution is 0.0182. The summed E-state index contributed by atoms with van der Waals surface area (Å²) in [7, 11) is 0. The number of nitrogens with zero attached hydrogens (tertiary/aromatic N) is 3. The minimum Gasteiger partial charge on any atom is -0.444 e. The maximum atomic E-state index is 12.1. The number of aromatic nitrogens is 2. The van der Waals surface area contributed by atoms with Crippen molar-refractivity contribution >= 4 is 33.3 Å². The molecule has 1 fully saturated rings. The largest absolute Gasteiger partial charge is 0.444 e. The Morgan fingerprint density at radius 3 is 2.79 bits per heavy atom. The summed E-state index contributed by atoms with van der Waals surface area (Å²) in [6.07, 6.45) is 4.12. The van der Waals surface area contributed by atoms with Crippen molar-refractivity contribution in [2.24, 2.45) is 5.92 Å². The zero-order chi connectivity index (χ0) is 17.3. The summed E-state index contributed by atoms with van der Waals surface area (Å²) in [5.41, 5.74) is 0.887. The monoisotopic (exact) mass is 395 g/mol. The number of hydrogen-bond acceptors (Lipinski definition) is 5. The topological polar surface area (TPSA) is 68.5 Å². The van der Waals surface area contributed by atoms with Gasteiger partial charge in [-0.3, -0.25) is 0 Å². The number of likely N-dealkylation sites (tertiary alicyclic amines) is 1. The summed E-state index contributed by atoms with van der Waals surface area (Å²) in [6.45, 7) is 7.08. The summed E-state index contributed by atoms with van der Waals surface area (Å²) < 4.78 is 12.1. The molecule has 0 bridgehead atoms. The molecule has 2 aromatic rings. The first-order valence-corrected chi connectivity index (χ1v) is 8.98. The number of carbonyl (C=O) groups is 1. The molecule has 1 saturated heterocycles. The standard InChI is InChI=1S/C17H22BrN3O3/c1-17(2,3)24-16(22)21-6-4-11(5-7-21)8-14-20-15-13(23-14)9-12(18)10-19-15/h9-11H,4-8H2,1-3H3. The molecule has 1 aliphatic rings. The summed E-state index contributed by atoms with van der Waals surface area (Å²) in [6, 6.07) is 1.88. The van der Waals surface area contributed by atoms with Crippen LogP contribution in [-0.2, 0) is 11.2 Å². The van der Waals surface area contributed by atoms with Crippen molar-refractivity contribution in [1.82, 2.24) is 14.9 Å². The van der Waals surface area contributed by atoms with Crippen LogP contribution in [0.15, 0.2) is 21.2 Å². The number of carbonyl (C=O) groups excluding carboxylic acids is 1. The Bertz CT molecular complexity index is 730. The predicted octanol–water partition coefficient (Wildman–Crippen LogP) is 4.17. The predicted molar refractivity (Wildman–Crippen MR) is 93.7 cm³/mol. The minimum atomic E-state index is -0.451. The second kappa shape index (κ2) is 6.70. The molecule has 2 aromatic heterocycles. The molecule has 24 heavy (non-hydrogen) atoms. The number of piperidine rings is 1. The van der Waals surface area contributed by atoms with Crippen LogP contribution in [0, 0.1) is 5.92 Å². The number of amides is 1. The van der Waals surface area contributed by atoms with E-state index < -0.39 is 5.60 Å². The molecule has 0 saturated carbocycles. The minimum absolute atomic E-state index is 0.225. The number of rotatable bonds is 2. The summed E-state index contributed by atoms with van der Waals surface area (Å²) in [5, 5.41) is 0. The third-order valence-electron chi connectivity index (χ3n) is 3.99. The lowest BCUT2D eigenvalue weighted by Crippen LogP contribution is -2.42. The molecule has 3 heterocycles. The molecule has 1 amide bonds. The van der Waals surface area contributed by atoms with Gasteiger partial charge in [0.1, 0.15) is 5.60 Å². The van der Waals surface area contributed by atoms with Crippen LogP contribution in [-0.4, -0.2) is 39.7 Å². The van der Waals surface area contributed by atoms with Crippen LogP contribution in [0.4, 0.5) is 4.79 Å². The van der Waals surface area contributed by atoms with E-state index in [1.807, 2.05) is 26.8 Å². The van der Waals surface area contributed by atoms with Crippen molar-refractivity contribution in [2.45, 2.75) is 45.6 Å². The highest BCUT2D eigenvalue weighted by Crippen LogP contribution is 2.25. The number of ether oxygens (including phenoxy) is 1. The zero-order valence-corrected chi connectivity index (χ0v) is 15.8. The van der Waals surface area contributed by atoms with Gasteiger partial charge in [0, 0.05) is 36.2 Å². The maximum Gasteiger partial charge on any atom is 0.410 e. The molecule has 0 N–H and O–H groups in total. The van der Waals surface area contributed by atoms with Gasteiger partial charge in [0.15, 0.2) is 17.1 Å². The van der Waals surface area contributed by atoms with Gasteiger partial charge in [0.2, 0.25) is 0 Å². The van der Waals surface area contributed by atoms with Gasteiger partial charge in [-0.2, -0.15) is 4.98 Å². The highest BCUT2D eigenvalue weighted by Gasteiger charge is 2.27. The molecule has 0 aliphatic carbocycles. The van der Waals surface area contributed by atoms with Gasteiger partial charge in [0.05, 0.1) is 0 Å². The van der Waals surface area contributed by atoms with Gasteiger partial charge >= 0.3 is 6.09 Å². The van der Waals surface area contributed by atoms with Crippen LogP contribution in [0.2, 0.25) is 0 Å². The number of fused-ring (bicyclic) bond motifs is 1. The first-order chi connectivity index (χ1) is 11.3. The Hall–Kier alpha value is -1.63. The van der Waals surface area contributed by atoms with E-state index in [9.17, 15) is 4.79 Å². The molecule has 0 radical (unpaired) electrons. The fourth-order valence-corrected chi connectivity index (χ4v) is 3.13. The Kier molecular flexibility index (Phi) is 4.80. The number of pyridine rings is 1. The van der Waals surface area contributed by atoms with Crippen LogP contribution in [0.5, 0.6) is 0 Å². The summed E-state index contributed by atoms with van der Waals surface area (Å²) in [4.78, 5) is 22.6. The van der Waals surface area contributed by atoms with Gasteiger partial charge in [-0.15, -0.1) is 0 Å². The molecule has 0 unspecified atom stereocenters. The molecule has 6 nitrogen and oxygen atoms in total. The lowest BCUT2D eigenvalue weighted by Gasteiger charge is -2.33. The van der Waals surface area contributed by atoms with Gasteiger partial charge in [0.25, 0.3) is 0 Å². The van der Waals surface area contributed by atoms with Crippen LogP contribution < -0.4 is 0 Å². The van der Waals surface area contributed by atoms with Gasteiger partial charge in [-0.1, -0.05) is 0 Å². The van der Waals surface area contributed by atoms with Gasteiger partial charge in [-0.05, 0) is 55.5 Å². The first kappa shape index (κ1) is 17.2. The van der Waals surface area contributed by atoms with E-state index in [0.29, 0.717) is 36.1 Å². The Morgan fingerprint density at radius 2 is 2.12 bits per heavy atom. The van der Waals surface area contributed by atoms with Crippen LogP contribution >= 0.6 is 15.9 Å². The van der Waals surface area contributed by atoms with Crippen molar-refractivity contribution in [3.63, 3.8) is 0 Å². The number of hydrogen-bond donors (Lipinski definition) is 0. The SMILES string of the molecule is CC(C)(C)OC(=O)N1CCC(Cc2nc3ncc(Br)cc3o2)CC1. The van der Waals surface area contributed by atoms with Crippen molar-refractivity contribution in [2.75, 3.05) is 13.1 Å². The van der Waals surface area contributed by atoms with Crippen molar-refractivity contribution in [3.8, 4) is 0 Å². The number of oxazole rings is 1.